The van der Waals surface area contributed by atoms with Gasteiger partial charge in [0.15, 0.2) is 5.13 Å². The molecule has 4 atom stereocenters. The number of rotatable bonds is 9. The van der Waals surface area contributed by atoms with Crippen LogP contribution >= 0.6 is 23.1 Å². The lowest BCUT2D eigenvalue weighted by molar-refractivity contribution is -0.306. The number of fused-ring (bicyclic) bond motifs is 1. The molecule has 190 valence electrons. The van der Waals surface area contributed by atoms with Crippen molar-refractivity contribution in [3.8, 4) is 0 Å². The fourth-order valence-corrected chi connectivity index (χ4v) is 7.14. The van der Waals surface area contributed by atoms with Crippen molar-refractivity contribution >= 4 is 52.0 Å². The third-order valence-corrected chi connectivity index (χ3v) is 8.96. The van der Waals surface area contributed by atoms with Gasteiger partial charge in [0.05, 0.1) is 42.2 Å². The summed E-state index contributed by atoms with van der Waals surface area (Å²) >= 11 is 2.67. The average Bonchev–Trinajstić information content (AvgIpc) is 3.29. The maximum absolute atomic E-state index is 12.7. The summed E-state index contributed by atoms with van der Waals surface area (Å²) in [5.41, 5.74) is 0.0612. The number of aliphatic hydroxyl groups excluding tert-OH is 1. The van der Waals surface area contributed by atoms with Crippen LogP contribution < -0.4 is 15.1 Å². The molecule has 0 radical (unpaired) electrons. The number of hydrogen-bond acceptors (Lipinski definition) is 11. The van der Waals surface area contributed by atoms with Crippen molar-refractivity contribution in [2.75, 3.05) is 24.5 Å². The molecule has 0 aliphatic carbocycles. The molecule has 0 saturated carbocycles. The predicted octanol–water partition coefficient (Wildman–Crippen LogP) is -1.52. The molecule has 2 amide bonds. The minimum atomic E-state index is -1.40. The van der Waals surface area contributed by atoms with Crippen LogP contribution in [0.2, 0.25) is 0 Å². The normalized spacial score (nSPS) is 24.9. The SMILES string of the molecule is CC(C)N(CC(=O)[O-])C(=O)c1csc(N2CC(SC3=C(C(=O)[O-])N4C(=O)[C@H]([C@@H](C)O)[C@H]4[C@H]3C)C2)n1. The van der Waals surface area contributed by atoms with E-state index in [0.717, 1.165) is 0 Å². The number of aliphatic hydroxyl groups is 1. The van der Waals surface area contributed by atoms with Crippen LogP contribution in [0.3, 0.4) is 0 Å². The number of aliphatic carboxylic acids is 2. The monoisotopic (exact) mass is 522 g/mol. The van der Waals surface area contributed by atoms with E-state index in [1.54, 1.807) is 19.2 Å². The highest BCUT2D eigenvalue weighted by Crippen LogP contribution is 2.52. The molecule has 1 N–H and O–H groups in total. The first kappa shape index (κ1) is 25.5. The molecule has 11 nitrogen and oxygen atoms in total. The van der Waals surface area contributed by atoms with E-state index < -0.39 is 42.3 Å². The number of hydrogen-bond donors (Lipinski definition) is 1. The maximum atomic E-state index is 12.7. The molecule has 0 spiro atoms. The van der Waals surface area contributed by atoms with Crippen LogP contribution in [-0.4, -0.2) is 86.7 Å². The van der Waals surface area contributed by atoms with Crippen molar-refractivity contribution in [3.05, 3.63) is 21.7 Å². The highest BCUT2D eigenvalue weighted by molar-refractivity contribution is 8.03. The van der Waals surface area contributed by atoms with Gasteiger partial charge in [0.1, 0.15) is 5.69 Å². The molecule has 4 heterocycles. The highest BCUT2D eigenvalue weighted by atomic mass is 32.2. The van der Waals surface area contributed by atoms with Crippen LogP contribution in [0.5, 0.6) is 0 Å². The largest absolute Gasteiger partial charge is 0.548 e. The minimum Gasteiger partial charge on any atom is -0.548 e. The topological polar surface area (TPSA) is 157 Å². The second kappa shape index (κ2) is 9.43. The second-order valence-corrected chi connectivity index (χ2v) is 11.5. The predicted molar refractivity (Wildman–Crippen MR) is 124 cm³/mol. The molecule has 3 aliphatic rings. The molecule has 1 aromatic rings. The number of carbonyl (C=O) groups is 4. The number of anilines is 1. The van der Waals surface area contributed by atoms with E-state index in [0.29, 0.717) is 23.1 Å². The molecular formula is C22H26N4O7S2-2. The summed E-state index contributed by atoms with van der Waals surface area (Å²) in [5, 5.41) is 35.0. The molecule has 1 aromatic heterocycles. The Balaban J connectivity index is 1.41. The van der Waals surface area contributed by atoms with Crippen LogP contribution in [0.4, 0.5) is 5.13 Å². The molecular weight excluding hydrogens is 496 g/mol. The molecule has 2 saturated heterocycles. The van der Waals surface area contributed by atoms with Crippen LogP contribution in [0.1, 0.15) is 38.2 Å². The molecule has 13 heteroatoms. The second-order valence-electron chi connectivity index (χ2n) is 9.31. The zero-order chi connectivity index (χ0) is 25.8. The van der Waals surface area contributed by atoms with Crippen molar-refractivity contribution in [1.29, 1.82) is 0 Å². The van der Waals surface area contributed by atoms with Gasteiger partial charge in [0, 0.05) is 40.6 Å². The van der Waals surface area contributed by atoms with Gasteiger partial charge < -0.3 is 39.6 Å². The summed E-state index contributed by atoms with van der Waals surface area (Å²) in [6.45, 7) is 7.43. The molecule has 2 fully saturated rings. The number of nitrogens with zero attached hydrogens (tertiary/aromatic N) is 4. The Morgan fingerprint density at radius 1 is 1.29 bits per heavy atom. The molecule has 4 rings (SSSR count). The van der Waals surface area contributed by atoms with Gasteiger partial charge in [-0.2, -0.15) is 0 Å². The van der Waals surface area contributed by atoms with Gasteiger partial charge in [-0.1, -0.05) is 6.92 Å². The van der Waals surface area contributed by atoms with Crippen LogP contribution in [0.25, 0.3) is 0 Å². The van der Waals surface area contributed by atoms with E-state index in [1.807, 2.05) is 11.8 Å². The smallest absolute Gasteiger partial charge is 0.273 e. The fourth-order valence-electron chi connectivity index (χ4n) is 4.80. The van der Waals surface area contributed by atoms with Crippen LogP contribution in [0.15, 0.2) is 16.0 Å². The van der Waals surface area contributed by atoms with Gasteiger partial charge in [0.2, 0.25) is 5.91 Å². The lowest BCUT2D eigenvalue weighted by Crippen LogP contribution is -2.64. The van der Waals surface area contributed by atoms with Gasteiger partial charge in [-0.3, -0.25) is 9.59 Å². The van der Waals surface area contributed by atoms with Crippen molar-refractivity contribution in [2.24, 2.45) is 11.8 Å². The lowest BCUT2D eigenvalue weighted by atomic mass is 9.79. The quantitative estimate of drug-likeness (QED) is 0.378. The van der Waals surface area contributed by atoms with Gasteiger partial charge in [-0.15, -0.1) is 23.1 Å². The Kier molecular flexibility index (Phi) is 6.86. The third kappa shape index (κ3) is 4.40. The molecule has 0 unspecified atom stereocenters. The molecule has 0 aromatic carbocycles. The van der Waals surface area contributed by atoms with E-state index in [4.69, 9.17) is 0 Å². The third-order valence-electron chi connectivity index (χ3n) is 6.61. The Bertz CT molecular complexity index is 1100. The summed E-state index contributed by atoms with van der Waals surface area (Å²) in [7, 11) is 0. The highest BCUT2D eigenvalue weighted by Gasteiger charge is 2.59. The Morgan fingerprint density at radius 3 is 2.49 bits per heavy atom. The summed E-state index contributed by atoms with van der Waals surface area (Å²) < 4.78 is 0. The van der Waals surface area contributed by atoms with E-state index in [2.05, 4.69) is 4.98 Å². The van der Waals surface area contributed by atoms with Gasteiger partial charge in [0.25, 0.3) is 5.91 Å². The first-order chi connectivity index (χ1) is 16.4. The van der Waals surface area contributed by atoms with Crippen molar-refractivity contribution < 1.29 is 34.5 Å². The van der Waals surface area contributed by atoms with Crippen molar-refractivity contribution in [3.63, 3.8) is 0 Å². The van der Waals surface area contributed by atoms with Gasteiger partial charge >= 0.3 is 0 Å². The fraction of sp³-hybridized carbons (Fsp3) is 0.591. The Morgan fingerprint density at radius 2 is 1.94 bits per heavy atom. The summed E-state index contributed by atoms with van der Waals surface area (Å²) in [4.78, 5) is 57.3. The molecule has 0 bridgehead atoms. The van der Waals surface area contributed by atoms with Crippen molar-refractivity contribution in [2.45, 2.75) is 51.1 Å². The number of thiazole rings is 1. The van der Waals surface area contributed by atoms with Crippen LogP contribution in [-0.2, 0) is 14.4 Å². The molecule has 3 aliphatic heterocycles. The first-order valence-corrected chi connectivity index (χ1v) is 13.0. The van der Waals surface area contributed by atoms with E-state index in [-0.39, 0.29) is 34.6 Å². The van der Waals surface area contributed by atoms with Gasteiger partial charge in [-0.25, -0.2) is 4.98 Å². The molecule has 35 heavy (non-hydrogen) atoms. The summed E-state index contributed by atoms with van der Waals surface area (Å²) in [6, 6.07) is -0.715. The number of carboxylic acids is 2. The zero-order valence-corrected chi connectivity index (χ0v) is 21.3. The zero-order valence-electron chi connectivity index (χ0n) is 19.7. The van der Waals surface area contributed by atoms with E-state index in [9.17, 15) is 34.5 Å². The Labute approximate surface area is 210 Å². The number of amides is 2. The standard InChI is InChI=1S/C22H28N4O7S2/c1-9(2)25(7-14(28)29)19(30)13-8-34-22(23-13)24-5-12(6-24)35-18-10(3)16-15(11(4)27)20(31)26(16)17(18)21(32)33/h8-12,15-16,27H,5-7H2,1-4H3,(H,28,29)(H,32,33)/p-2/t10-,11-,15-,16-/m1/s1. The number of carboxylic acid groups (broad SMARTS) is 2. The summed E-state index contributed by atoms with van der Waals surface area (Å²) in [5.74, 6) is -4.47. The number of carbonyl (C=O) groups excluding carboxylic acids is 4. The first-order valence-electron chi connectivity index (χ1n) is 11.3. The number of β-lactam (4-membered cyclic amide) rings is 1. The number of thioether (sulfide) groups is 1. The Hall–Kier alpha value is -2.64. The number of aromatic nitrogens is 1. The minimum absolute atomic E-state index is 0.0499. The lowest BCUT2D eigenvalue weighted by Gasteiger charge is -2.47. The van der Waals surface area contributed by atoms with Crippen molar-refractivity contribution in [1.82, 2.24) is 14.8 Å². The van der Waals surface area contributed by atoms with Gasteiger partial charge in [-0.05, 0) is 20.8 Å². The maximum Gasteiger partial charge on any atom is 0.273 e. The van der Waals surface area contributed by atoms with E-state index in [1.165, 1.54) is 39.8 Å². The van der Waals surface area contributed by atoms with Crippen LogP contribution in [0, 0.1) is 11.8 Å². The van der Waals surface area contributed by atoms with E-state index >= 15 is 0 Å². The summed E-state index contributed by atoms with van der Waals surface area (Å²) in [6.07, 6.45) is -0.863. The average molecular weight is 523 g/mol.